The second-order valence-corrected chi connectivity index (χ2v) is 4.44. The highest BCUT2D eigenvalue weighted by atomic mass is 16.5. The minimum absolute atomic E-state index is 0.0806. The van der Waals surface area contributed by atoms with E-state index in [2.05, 4.69) is 16.8 Å². The van der Waals surface area contributed by atoms with Crippen molar-refractivity contribution in [3.05, 3.63) is 23.9 Å². The quantitative estimate of drug-likeness (QED) is 0.835. The predicted octanol–water partition coefficient (Wildman–Crippen LogP) is 0.672. The summed E-state index contributed by atoms with van der Waals surface area (Å²) in [5.41, 5.74) is 1.11. The Morgan fingerprint density at radius 2 is 2.33 bits per heavy atom. The molecule has 18 heavy (non-hydrogen) atoms. The number of rotatable bonds is 5. The summed E-state index contributed by atoms with van der Waals surface area (Å²) in [6.07, 6.45) is 1.42. The Kier molecular flexibility index (Phi) is 4.52. The first-order chi connectivity index (χ1) is 8.74. The van der Waals surface area contributed by atoms with Crippen molar-refractivity contribution < 1.29 is 14.6 Å². The second-order valence-electron chi connectivity index (χ2n) is 4.44. The van der Waals surface area contributed by atoms with Crippen LogP contribution in [-0.2, 0) is 11.3 Å². The van der Waals surface area contributed by atoms with E-state index >= 15 is 0 Å². The van der Waals surface area contributed by atoms with E-state index in [1.807, 2.05) is 18.3 Å². The Labute approximate surface area is 107 Å². The van der Waals surface area contributed by atoms with E-state index in [1.54, 1.807) is 7.11 Å². The van der Waals surface area contributed by atoms with Crippen LogP contribution in [0.3, 0.4) is 0 Å². The van der Waals surface area contributed by atoms with Crippen LogP contribution in [-0.4, -0.2) is 54.0 Å². The van der Waals surface area contributed by atoms with Crippen molar-refractivity contribution in [2.24, 2.45) is 0 Å². The number of methoxy groups -OCH3 is 1. The van der Waals surface area contributed by atoms with Crippen molar-refractivity contribution in [3.63, 3.8) is 0 Å². The molecule has 100 valence electrons. The molecule has 0 amide bonds. The van der Waals surface area contributed by atoms with Crippen LogP contribution in [0.4, 0.5) is 0 Å². The molecule has 0 aliphatic carbocycles. The minimum atomic E-state index is -0.392. The molecule has 1 aromatic rings. The SMILES string of the molecule is CCN(Cc1ccc(OC)nc1)[C@@H]1COC[C@H]1O. The lowest BCUT2D eigenvalue weighted by molar-refractivity contribution is 0.0807. The molecule has 2 atom stereocenters. The molecule has 0 bridgehead atoms. The van der Waals surface area contributed by atoms with E-state index in [-0.39, 0.29) is 6.04 Å². The maximum atomic E-state index is 9.85. The third-order valence-electron chi connectivity index (χ3n) is 3.29. The van der Waals surface area contributed by atoms with Gasteiger partial charge in [0.2, 0.25) is 5.88 Å². The fraction of sp³-hybridized carbons (Fsp3) is 0.615. The lowest BCUT2D eigenvalue weighted by atomic mass is 10.1. The van der Waals surface area contributed by atoms with Crippen LogP contribution in [0.5, 0.6) is 5.88 Å². The molecule has 5 nitrogen and oxygen atoms in total. The molecule has 1 aliphatic heterocycles. The number of hydrogen-bond donors (Lipinski definition) is 1. The van der Waals surface area contributed by atoms with Crippen molar-refractivity contribution in [3.8, 4) is 5.88 Å². The maximum absolute atomic E-state index is 9.85. The van der Waals surface area contributed by atoms with Crippen LogP contribution in [0, 0.1) is 0 Å². The lowest BCUT2D eigenvalue weighted by Gasteiger charge is -2.28. The zero-order valence-electron chi connectivity index (χ0n) is 10.9. The molecule has 0 spiro atoms. The molecule has 1 N–H and O–H groups in total. The van der Waals surface area contributed by atoms with Crippen molar-refractivity contribution in [1.82, 2.24) is 9.88 Å². The van der Waals surface area contributed by atoms with E-state index in [9.17, 15) is 5.11 Å². The monoisotopic (exact) mass is 252 g/mol. The van der Waals surface area contributed by atoms with Crippen molar-refractivity contribution in [2.45, 2.75) is 25.6 Å². The van der Waals surface area contributed by atoms with Crippen molar-refractivity contribution in [2.75, 3.05) is 26.9 Å². The summed E-state index contributed by atoms with van der Waals surface area (Å²) < 4.78 is 10.3. The highest BCUT2D eigenvalue weighted by molar-refractivity contribution is 5.17. The molecule has 2 rings (SSSR count). The second kappa shape index (κ2) is 6.13. The summed E-state index contributed by atoms with van der Waals surface area (Å²) in [5.74, 6) is 0.617. The third kappa shape index (κ3) is 2.98. The average Bonchev–Trinajstić information content (AvgIpc) is 2.83. The highest BCUT2D eigenvalue weighted by Crippen LogP contribution is 2.17. The van der Waals surface area contributed by atoms with Gasteiger partial charge in [0.25, 0.3) is 0 Å². The lowest BCUT2D eigenvalue weighted by Crippen LogP contribution is -2.42. The zero-order valence-corrected chi connectivity index (χ0v) is 10.9. The standard InChI is InChI=1S/C13H20N2O3/c1-3-15(11-8-18-9-12(11)16)7-10-4-5-13(17-2)14-6-10/h4-6,11-12,16H,3,7-9H2,1-2H3/t11-,12-/m1/s1. The van der Waals surface area contributed by atoms with Gasteiger partial charge in [-0.05, 0) is 12.1 Å². The molecule has 1 aromatic heterocycles. The van der Waals surface area contributed by atoms with Crippen LogP contribution < -0.4 is 4.74 Å². The molecular formula is C13H20N2O3. The van der Waals surface area contributed by atoms with Gasteiger partial charge in [-0.15, -0.1) is 0 Å². The normalized spacial score (nSPS) is 23.6. The molecule has 1 saturated heterocycles. The smallest absolute Gasteiger partial charge is 0.212 e. The number of likely N-dealkylation sites (N-methyl/N-ethyl adjacent to an activating group) is 1. The van der Waals surface area contributed by atoms with Gasteiger partial charge in [-0.2, -0.15) is 0 Å². The summed E-state index contributed by atoms with van der Waals surface area (Å²) in [5, 5.41) is 9.85. The molecule has 1 aliphatic rings. The maximum Gasteiger partial charge on any atom is 0.212 e. The third-order valence-corrected chi connectivity index (χ3v) is 3.29. The molecular weight excluding hydrogens is 232 g/mol. The van der Waals surface area contributed by atoms with E-state index in [0.29, 0.717) is 19.1 Å². The average molecular weight is 252 g/mol. The van der Waals surface area contributed by atoms with Gasteiger partial charge in [0.1, 0.15) is 0 Å². The van der Waals surface area contributed by atoms with E-state index in [1.165, 1.54) is 0 Å². The van der Waals surface area contributed by atoms with Gasteiger partial charge in [0, 0.05) is 18.8 Å². The van der Waals surface area contributed by atoms with Crippen LogP contribution >= 0.6 is 0 Å². The van der Waals surface area contributed by atoms with Crippen molar-refractivity contribution in [1.29, 1.82) is 0 Å². The summed E-state index contributed by atoms with van der Waals surface area (Å²) in [6, 6.07) is 3.93. The number of hydrogen-bond acceptors (Lipinski definition) is 5. The number of nitrogens with zero attached hydrogens (tertiary/aromatic N) is 2. The van der Waals surface area contributed by atoms with Crippen LogP contribution in [0.1, 0.15) is 12.5 Å². The summed E-state index contributed by atoms with van der Waals surface area (Å²) >= 11 is 0. The molecule has 0 unspecified atom stereocenters. The Morgan fingerprint density at radius 3 is 2.83 bits per heavy atom. The number of ether oxygens (including phenoxy) is 2. The van der Waals surface area contributed by atoms with Crippen molar-refractivity contribution >= 4 is 0 Å². The summed E-state index contributed by atoms with van der Waals surface area (Å²) in [4.78, 5) is 6.40. The van der Waals surface area contributed by atoms with E-state index in [0.717, 1.165) is 18.7 Å². The van der Waals surface area contributed by atoms with Gasteiger partial charge >= 0.3 is 0 Å². The molecule has 0 saturated carbocycles. The fourth-order valence-electron chi connectivity index (χ4n) is 2.20. The highest BCUT2D eigenvalue weighted by Gasteiger charge is 2.30. The van der Waals surface area contributed by atoms with Crippen LogP contribution in [0.15, 0.2) is 18.3 Å². The van der Waals surface area contributed by atoms with E-state index < -0.39 is 6.10 Å². The molecule has 0 radical (unpaired) electrons. The summed E-state index contributed by atoms with van der Waals surface area (Å²) in [7, 11) is 1.60. The predicted molar refractivity (Wildman–Crippen MR) is 67.5 cm³/mol. The van der Waals surface area contributed by atoms with E-state index in [4.69, 9.17) is 9.47 Å². The number of aromatic nitrogens is 1. The Hall–Kier alpha value is -1.17. The minimum Gasteiger partial charge on any atom is -0.481 e. The molecule has 2 heterocycles. The van der Waals surface area contributed by atoms with Gasteiger partial charge in [-0.3, -0.25) is 4.90 Å². The number of pyridine rings is 1. The zero-order chi connectivity index (χ0) is 13.0. The molecule has 5 heteroatoms. The van der Waals surface area contributed by atoms with Crippen LogP contribution in [0.2, 0.25) is 0 Å². The van der Waals surface area contributed by atoms with Gasteiger partial charge in [-0.1, -0.05) is 13.0 Å². The Morgan fingerprint density at radius 1 is 1.50 bits per heavy atom. The van der Waals surface area contributed by atoms with Crippen LogP contribution in [0.25, 0.3) is 0 Å². The Balaban J connectivity index is 2.00. The molecule has 1 fully saturated rings. The summed E-state index contributed by atoms with van der Waals surface area (Å²) in [6.45, 7) is 4.75. The van der Waals surface area contributed by atoms with Gasteiger partial charge < -0.3 is 14.6 Å². The first-order valence-electron chi connectivity index (χ1n) is 6.23. The Bertz CT molecular complexity index is 369. The molecule has 0 aromatic carbocycles. The van der Waals surface area contributed by atoms with Gasteiger partial charge in [-0.25, -0.2) is 4.98 Å². The van der Waals surface area contributed by atoms with Gasteiger partial charge in [0.05, 0.1) is 32.5 Å². The van der Waals surface area contributed by atoms with Gasteiger partial charge in [0.15, 0.2) is 0 Å². The number of aliphatic hydroxyl groups is 1. The largest absolute Gasteiger partial charge is 0.481 e. The fourth-order valence-corrected chi connectivity index (χ4v) is 2.20. The first-order valence-corrected chi connectivity index (χ1v) is 6.23. The number of aliphatic hydroxyl groups excluding tert-OH is 1. The first kappa shape index (κ1) is 13.3. The topological polar surface area (TPSA) is 54.8 Å².